The molecule has 0 saturated heterocycles. The summed E-state index contributed by atoms with van der Waals surface area (Å²) >= 11 is 0. The Balaban J connectivity index is 1.69. The van der Waals surface area contributed by atoms with Crippen molar-refractivity contribution in [3.05, 3.63) is 54.0 Å². The zero-order valence-corrected chi connectivity index (χ0v) is 12.6. The molecule has 0 atom stereocenters. The smallest absolute Gasteiger partial charge is 0.259 e. The first-order chi connectivity index (χ1) is 11.2. The van der Waals surface area contributed by atoms with E-state index in [2.05, 4.69) is 15.8 Å². The maximum atomic E-state index is 11.8. The van der Waals surface area contributed by atoms with Gasteiger partial charge in [-0.2, -0.15) is 5.10 Å². The van der Waals surface area contributed by atoms with Crippen molar-refractivity contribution in [3.63, 3.8) is 0 Å². The molecule has 23 heavy (non-hydrogen) atoms. The molecular formula is C16H17N3O4. The van der Waals surface area contributed by atoms with Gasteiger partial charge in [-0.05, 0) is 29.8 Å². The lowest BCUT2D eigenvalue weighted by atomic mass is 10.1. The van der Waals surface area contributed by atoms with E-state index < -0.39 is 5.91 Å². The Labute approximate surface area is 133 Å². The van der Waals surface area contributed by atoms with Crippen LogP contribution in [0.3, 0.4) is 0 Å². The lowest BCUT2D eigenvalue weighted by Gasteiger charge is -2.05. The number of carbonyl (C=O) groups excluding carboxylic acids is 2. The first kappa shape index (κ1) is 16.3. The van der Waals surface area contributed by atoms with Crippen molar-refractivity contribution in [1.29, 1.82) is 0 Å². The Morgan fingerprint density at radius 3 is 2.65 bits per heavy atom. The third kappa shape index (κ3) is 5.66. The molecule has 120 valence electrons. The molecule has 2 rings (SSSR count). The highest BCUT2D eigenvalue weighted by atomic mass is 16.5. The number of amides is 2. The van der Waals surface area contributed by atoms with E-state index in [1.807, 2.05) is 0 Å². The van der Waals surface area contributed by atoms with Gasteiger partial charge in [-0.15, -0.1) is 0 Å². The van der Waals surface area contributed by atoms with Gasteiger partial charge in [0.1, 0.15) is 11.5 Å². The lowest BCUT2D eigenvalue weighted by molar-refractivity contribution is -0.125. The molecule has 0 aliphatic carbocycles. The molecule has 1 aromatic heterocycles. The van der Waals surface area contributed by atoms with Crippen molar-refractivity contribution in [2.24, 2.45) is 5.10 Å². The molecule has 1 heterocycles. The second kappa shape index (κ2) is 8.38. The van der Waals surface area contributed by atoms with Crippen LogP contribution in [-0.2, 0) is 16.0 Å². The van der Waals surface area contributed by atoms with Gasteiger partial charge < -0.3 is 14.5 Å². The van der Waals surface area contributed by atoms with Gasteiger partial charge >= 0.3 is 0 Å². The summed E-state index contributed by atoms with van der Waals surface area (Å²) in [5.41, 5.74) is 3.13. The predicted octanol–water partition coefficient (Wildman–Crippen LogP) is 1.10. The molecule has 2 N–H and O–H groups in total. The summed E-state index contributed by atoms with van der Waals surface area (Å²) in [6, 6.07) is 10.6. The minimum atomic E-state index is -0.420. The van der Waals surface area contributed by atoms with Gasteiger partial charge in [-0.1, -0.05) is 12.1 Å². The topological polar surface area (TPSA) is 92.9 Å². The molecule has 0 fully saturated rings. The van der Waals surface area contributed by atoms with Crippen LogP contribution in [0.4, 0.5) is 0 Å². The van der Waals surface area contributed by atoms with Crippen LogP contribution in [0.25, 0.3) is 0 Å². The van der Waals surface area contributed by atoms with Crippen molar-refractivity contribution < 1.29 is 18.7 Å². The van der Waals surface area contributed by atoms with E-state index in [1.165, 1.54) is 12.5 Å². The number of rotatable bonds is 7. The third-order valence-electron chi connectivity index (χ3n) is 2.89. The van der Waals surface area contributed by atoms with E-state index in [0.29, 0.717) is 5.76 Å². The fraction of sp³-hybridized carbons (Fsp3) is 0.188. The molecule has 0 saturated carbocycles. The normalized spacial score (nSPS) is 10.5. The summed E-state index contributed by atoms with van der Waals surface area (Å²) in [6.07, 6.45) is 3.06. The molecule has 0 radical (unpaired) electrons. The Kier molecular flexibility index (Phi) is 5.93. The summed E-state index contributed by atoms with van der Waals surface area (Å²) in [7, 11) is 1.58. The number of hydrogen-bond donors (Lipinski definition) is 2. The zero-order valence-electron chi connectivity index (χ0n) is 12.6. The van der Waals surface area contributed by atoms with Crippen molar-refractivity contribution in [1.82, 2.24) is 10.7 Å². The monoisotopic (exact) mass is 315 g/mol. The highest BCUT2D eigenvalue weighted by Gasteiger charge is 2.06. The number of hydrogen-bond acceptors (Lipinski definition) is 5. The standard InChI is InChI=1S/C16H17N3O4/c1-22-13-6-4-12(5-7-13)9-15(20)17-11-16(21)19-18-10-14-3-2-8-23-14/h2-8,10H,9,11H2,1H3,(H,17,20)(H,19,21)/b18-10+. The molecule has 0 bridgehead atoms. The van der Waals surface area contributed by atoms with Crippen LogP contribution in [-0.4, -0.2) is 31.7 Å². The Morgan fingerprint density at radius 1 is 1.22 bits per heavy atom. The fourth-order valence-electron chi connectivity index (χ4n) is 1.74. The van der Waals surface area contributed by atoms with E-state index >= 15 is 0 Å². The number of hydrazone groups is 1. The van der Waals surface area contributed by atoms with Crippen LogP contribution in [0.5, 0.6) is 5.75 Å². The lowest BCUT2D eigenvalue weighted by Crippen LogP contribution is -2.35. The van der Waals surface area contributed by atoms with Gasteiger partial charge in [0.25, 0.3) is 5.91 Å². The number of nitrogens with zero attached hydrogens (tertiary/aromatic N) is 1. The average molecular weight is 315 g/mol. The SMILES string of the molecule is COc1ccc(CC(=O)NCC(=O)N/N=C/c2ccco2)cc1. The zero-order chi connectivity index (χ0) is 16.5. The van der Waals surface area contributed by atoms with Crippen molar-refractivity contribution in [2.45, 2.75) is 6.42 Å². The molecule has 0 spiro atoms. The van der Waals surface area contributed by atoms with Crippen LogP contribution < -0.4 is 15.5 Å². The molecule has 2 aromatic rings. The van der Waals surface area contributed by atoms with Gasteiger partial charge in [0.15, 0.2) is 0 Å². The maximum Gasteiger partial charge on any atom is 0.259 e. The number of methoxy groups -OCH3 is 1. The quantitative estimate of drug-likeness (QED) is 0.591. The molecule has 2 amide bonds. The number of nitrogens with one attached hydrogen (secondary N) is 2. The Morgan fingerprint density at radius 2 is 2.00 bits per heavy atom. The molecule has 7 heteroatoms. The van der Waals surface area contributed by atoms with E-state index in [1.54, 1.807) is 43.5 Å². The summed E-state index contributed by atoms with van der Waals surface area (Å²) in [5.74, 6) is 0.577. The summed E-state index contributed by atoms with van der Waals surface area (Å²) in [4.78, 5) is 23.3. The van der Waals surface area contributed by atoms with E-state index in [9.17, 15) is 9.59 Å². The summed E-state index contributed by atoms with van der Waals surface area (Å²) < 4.78 is 10.1. The number of furan rings is 1. The van der Waals surface area contributed by atoms with Gasteiger partial charge in [0.05, 0.1) is 32.6 Å². The largest absolute Gasteiger partial charge is 0.497 e. The van der Waals surface area contributed by atoms with Gasteiger partial charge in [0, 0.05) is 0 Å². The van der Waals surface area contributed by atoms with Crippen molar-refractivity contribution in [2.75, 3.05) is 13.7 Å². The predicted molar refractivity (Wildman–Crippen MR) is 84.2 cm³/mol. The van der Waals surface area contributed by atoms with Crippen LogP contribution in [0.2, 0.25) is 0 Å². The van der Waals surface area contributed by atoms with Crippen LogP contribution in [0, 0.1) is 0 Å². The van der Waals surface area contributed by atoms with Gasteiger partial charge in [-0.3, -0.25) is 9.59 Å². The molecule has 1 aromatic carbocycles. The van der Waals surface area contributed by atoms with Gasteiger partial charge in [0.2, 0.25) is 5.91 Å². The molecule has 7 nitrogen and oxygen atoms in total. The fourth-order valence-corrected chi connectivity index (χ4v) is 1.74. The van der Waals surface area contributed by atoms with Gasteiger partial charge in [-0.25, -0.2) is 5.43 Å². The molecule has 0 unspecified atom stereocenters. The van der Waals surface area contributed by atoms with Crippen molar-refractivity contribution >= 4 is 18.0 Å². The first-order valence-electron chi connectivity index (χ1n) is 6.92. The highest BCUT2D eigenvalue weighted by Crippen LogP contribution is 2.11. The number of benzene rings is 1. The third-order valence-corrected chi connectivity index (χ3v) is 2.89. The minimum Gasteiger partial charge on any atom is -0.497 e. The average Bonchev–Trinajstić information content (AvgIpc) is 3.07. The maximum absolute atomic E-state index is 11.8. The second-order valence-electron chi connectivity index (χ2n) is 4.61. The molecular weight excluding hydrogens is 298 g/mol. The molecule has 0 aliphatic rings. The van der Waals surface area contributed by atoms with E-state index in [0.717, 1.165) is 11.3 Å². The number of carbonyl (C=O) groups is 2. The minimum absolute atomic E-state index is 0.148. The van der Waals surface area contributed by atoms with Crippen LogP contribution >= 0.6 is 0 Å². The van der Waals surface area contributed by atoms with Crippen LogP contribution in [0.15, 0.2) is 52.2 Å². The first-order valence-corrected chi connectivity index (χ1v) is 6.92. The van der Waals surface area contributed by atoms with E-state index in [-0.39, 0.29) is 18.9 Å². The Hall–Kier alpha value is -3.09. The highest BCUT2D eigenvalue weighted by molar-refractivity contribution is 5.86. The summed E-state index contributed by atoms with van der Waals surface area (Å²) in [5, 5.41) is 6.23. The number of ether oxygens (including phenoxy) is 1. The van der Waals surface area contributed by atoms with Crippen LogP contribution in [0.1, 0.15) is 11.3 Å². The molecule has 0 aliphatic heterocycles. The second-order valence-corrected chi connectivity index (χ2v) is 4.61. The summed E-state index contributed by atoms with van der Waals surface area (Å²) in [6.45, 7) is -0.148. The van der Waals surface area contributed by atoms with E-state index in [4.69, 9.17) is 9.15 Å². The van der Waals surface area contributed by atoms with Crippen molar-refractivity contribution in [3.8, 4) is 5.75 Å². The Bertz CT molecular complexity index is 663.